The van der Waals surface area contributed by atoms with E-state index in [0.717, 1.165) is 0 Å². The quantitative estimate of drug-likeness (QED) is 0.173. The van der Waals surface area contributed by atoms with Crippen molar-refractivity contribution in [2.45, 2.75) is 0 Å². The first-order valence-electron chi connectivity index (χ1n) is 12.2. The van der Waals surface area contributed by atoms with Crippen LogP contribution in [0.3, 0.4) is 0 Å². The molecule has 6 aromatic rings. The lowest BCUT2D eigenvalue weighted by Gasteiger charge is -2.17. The molecule has 0 fully saturated rings. The Morgan fingerprint density at radius 1 is 1.05 bits per heavy atom. The smallest absolute Gasteiger partial charge is 0.255 e. The molecule has 0 bridgehead atoms. The van der Waals surface area contributed by atoms with E-state index in [4.69, 9.17) is 9.40 Å². The summed E-state index contributed by atoms with van der Waals surface area (Å²) in [5.41, 5.74) is 4.16. The van der Waals surface area contributed by atoms with Crippen molar-refractivity contribution in [3.8, 4) is 39.7 Å². The summed E-state index contributed by atoms with van der Waals surface area (Å²) in [7, 11) is 3.25. The second-order valence-electron chi connectivity index (χ2n) is 9.23. The number of fused-ring (bicyclic) bond motifs is 2. The number of aromatic amines is 1. The lowest BCUT2D eigenvalue weighted by molar-refractivity contribution is 0.0964. The summed E-state index contributed by atoms with van der Waals surface area (Å²) in [6.07, 6.45) is 0. The van der Waals surface area contributed by atoms with Gasteiger partial charge in [0, 0.05) is 47.6 Å². The highest BCUT2D eigenvalue weighted by molar-refractivity contribution is 7.81. The Bertz CT molecular complexity index is 1930. The first-order chi connectivity index (χ1) is 19.2. The molecular weight excluding hydrogens is 534 g/mol. The molecule has 200 valence electrons. The molecule has 1 amide bonds. The average molecular weight is 557 g/mol. The Kier molecular flexibility index (Phi) is 6.19. The highest BCUT2D eigenvalue weighted by Gasteiger charge is 2.25. The third-order valence-corrected chi connectivity index (χ3v) is 6.95. The number of carbonyl (C=O) groups is 1. The van der Waals surface area contributed by atoms with E-state index in [1.165, 1.54) is 31.3 Å². The maximum absolute atomic E-state index is 14.3. The molecule has 0 saturated carbocycles. The summed E-state index contributed by atoms with van der Waals surface area (Å²) >= 11 is 4.51. The standard InChI is InChI=1S/C30H22F2N4O3S/c1-33-30(38)27-19-12-18(24(36(2)40)14-26(19)39-29(27)15-6-8-16(31)9-7-15)22-10-11-25(37)28(35-22)23-13-17-20(32)4-3-5-21(17)34-23/h3-14,34,37,40H,1-2H3,(H,33,38). The summed E-state index contributed by atoms with van der Waals surface area (Å²) in [4.78, 5) is 20.9. The minimum atomic E-state index is -0.408. The highest BCUT2D eigenvalue weighted by atomic mass is 32.1. The third-order valence-electron chi connectivity index (χ3n) is 6.73. The number of carbonyl (C=O) groups excluding carboxylic acids is 1. The number of aromatic hydroxyl groups is 1. The van der Waals surface area contributed by atoms with E-state index < -0.39 is 11.6 Å². The zero-order valence-corrected chi connectivity index (χ0v) is 22.2. The van der Waals surface area contributed by atoms with Gasteiger partial charge in [-0.15, -0.1) is 0 Å². The molecule has 0 aliphatic rings. The lowest BCUT2D eigenvalue weighted by atomic mass is 10.0. The van der Waals surface area contributed by atoms with Crippen molar-refractivity contribution in [2.24, 2.45) is 0 Å². The van der Waals surface area contributed by atoms with E-state index in [9.17, 15) is 18.7 Å². The number of furan rings is 1. The topological polar surface area (TPSA) is 94.4 Å². The van der Waals surface area contributed by atoms with Gasteiger partial charge < -0.3 is 24.1 Å². The molecule has 0 spiro atoms. The van der Waals surface area contributed by atoms with Crippen LogP contribution in [-0.4, -0.2) is 35.1 Å². The number of amides is 1. The number of nitrogens with zero attached hydrogens (tertiary/aromatic N) is 2. The van der Waals surface area contributed by atoms with Crippen LogP contribution in [0, 0.1) is 11.6 Å². The summed E-state index contributed by atoms with van der Waals surface area (Å²) in [6.45, 7) is 0. The van der Waals surface area contributed by atoms with Gasteiger partial charge in [-0.2, -0.15) is 0 Å². The molecule has 0 atom stereocenters. The molecule has 10 heteroatoms. The Labute approximate surface area is 232 Å². The predicted octanol–water partition coefficient (Wildman–Crippen LogP) is 6.93. The van der Waals surface area contributed by atoms with Crippen molar-refractivity contribution in [3.63, 3.8) is 0 Å². The molecular formula is C30H22F2N4O3S. The van der Waals surface area contributed by atoms with Crippen LogP contribution >= 0.6 is 12.8 Å². The van der Waals surface area contributed by atoms with Crippen LogP contribution < -0.4 is 9.62 Å². The number of hydrogen-bond acceptors (Lipinski definition) is 6. The molecule has 0 unspecified atom stereocenters. The molecule has 3 aromatic carbocycles. The maximum Gasteiger partial charge on any atom is 0.255 e. The van der Waals surface area contributed by atoms with Gasteiger partial charge in [0.15, 0.2) is 0 Å². The minimum absolute atomic E-state index is 0.0921. The monoisotopic (exact) mass is 556 g/mol. The van der Waals surface area contributed by atoms with Crippen LogP contribution in [0.1, 0.15) is 10.4 Å². The SMILES string of the molecule is CNC(=O)c1c(-c2ccc(F)cc2)oc2cc(N(C)S)c(-c3ccc(O)c(-c4cc5c(F)cccc5[nH]4)n3)cc12. The van der Waals surface area contributed by atoms with Gasteiger partial charge >= 0.3 is 0 Å². The fraction of sp³-hybridized carbons (Fsp3) is 0.0667. The van der Waals surface area contributed by atoms with Crippen LogP contribution in [0.4, 0.5) is 14.5 Å². The van der Waals surface area contributed by atoms with Crippen LogP contribution in [0.25, 0.3) is 55.8 Å². The summed E-state index contributed by atoms with van der Waals surface area (Å²) in [6, 6.07) is 18.6. The number of rotatable bonds is 5. The number of anilines is 1. The van der Waals surface area contributed by atoms with Crippen LogP contribution in [0.5, 0.6) is 5.75 Å². The van der Waals surface area contributed by atoms with E-state index in [-0.39, 0.29) is 22.9 Å². The van der Waals surface area contributed by atoms with Crippen LogP contribution in [0.2, 0.25) is 0 Å². The second-order valence-corrected chi connectivity index (χ2v) is 9.83. The van der Waals surface area contributed by atoms with Crippen LogP contribution in [0.15, 0.2) is 77.2 Å². The molecule has 0 aliphatic heterocycles. The normalized spacial score (nSPS) is 11.3. The van der Waals surface area contributed by atoms with Gasteiger partial charge in [0.25, 0.3) is 5.91 Å². The fourth-order valence-electron chi connectivity index (χ4n) is 4.81. The molecule has 6 rings (SSSR count). The molecule has 7 nitrogen and oxygen atoms in total. The van der Waals surface area contributed by atoms with Gasteiger partial charge in [-0.25, -0.2) is 13.8 Å². The zero-order chi connectivity index (χ0) is 28.1. The van der Waals surface area contributed by atoms with Gasteiger partial charge in [-0.05, 0) is 60.7 Å². The molecule has 0 aliphatic carbocycles. The van der Waals surface area contributed by atoms with Crippen molar-refractivity contribution in [2.75, 3.05) is 18.4 Å². The number of aromatic nitrogens is 2. The number of hydrogen-bond donors (Lipinski definition) is 4. The lowest BCUT2D eigenvalue weighted by Crippen LogP contribution is -2.18. The van der Waals surface area contributed by atoms with E-state index in [2.05, 4.69) is 23.1 Å². The van der Waals surface area contributed by atoms with E-state index >= 15 is 0 Å². The van der Waals surface area contributed by atoms with Crippen molar-refractivity contribution >= 4 is 46.3 Å². The highest BCUT2D eigenvalue weighted by Crippen LogP contribution is 2.42. The molecule has 3 heterocycles. The predicted molar refractivity (Wildman–Crippen MR) is 155 cm³/mol. The summed E-state index contributed by atoms with van der Waals surface area (Å²) in [5, 5.41) is 14.2. The minimum Gasteiger partial charge on any atom is -0.506 e. The van der Waals surface area contributed by atoms with Gasteiger partial charge in [0.1, 0.15) is 34.4 Å². The fourth-order valence-corrected chi connectivity index (χ4v) is 4.97. The van der Waals surface area contributed by atoms with E-state index in [1.54, 1.807) is 59.9 Å². The summed E-state index contributed by atoms with van der Waals surface area (Å²) in [5.74, 6) is -0.979. The number of benzene rings is 3. The Morgan fingerprint density at radius 3 is 2.52 bits per heavy atom. The zero-order valence-electron chi connectivity index (χ0n) is 21.3. The van der Waals surface area contributed by atoms with Gasteiger partial charge in [0.2, 0.25) is 0 Å². The third kappa shape index (κ3) is 4.22. The van der Waals surface area contributed by atoms with E-state index in [0.29, 0.717) is 55.8 Å². The van der Waals surface area contributed by atoms with Crippen molar-refractivity contribution in [1.29, 1.82) is 0 Å². The largest absolute Gasteiger partial charge is 0.506 e. The van der Waals surface area contributed by atoms with Gasteiger partial charge in [-0.1, -0.05) is 18.9 Å². The second kappa shape index (κ2) is 9.73. The Balaban J connectivity index is 1.58. The Morgan fingerprint density at radius 2 is 1.82 bits per heavy atom. The van der Waals surface area contributed by atoms with E-state index in [1.807, 2.05) is 0 Å². The maximum atomic E-state index is 14.3. The van der Waals surface area contributed by atoms with Crippen molar-refractivity contribution in [1.82, 2.24) is 15.3 Å². The molecule has 40 heavy (non-hydrogen) atoms. The molecule has 0 saturated heterocycles. The number of thiol groups is 1. The molecule has 3 N–H and O–H groups in total. The van der Waals surface area contributed by atoms with Gasteiger partial charge in [-0.3, -0.25) is 4.79 Å². The molecule has 0 radical (unpaired) electrons. The first kappa shape index (κ1) is 25.4. The number of pyridine rings is 1. The average Bonchev–Trinajstić information content (AvgIpc) is 3.55. The van der Waals surface area contributed by atoms with Crippen molar-refractivity contribution in [3.05, 3.63) is 90.0 Å². The first-order valence-corrected chi connectivity index (χ1v) is 12.6. The van der Waals surface area contributed by atoms with Crippen LogP contribution in [-0.2, 0) is 0 Å². The van der Waals surface area contributed by atoms with Crippen molar-refractivity contribution < 1.29 is 23.1 Å². The van der Waals surface area contributed by atoms with Gasteiger partial charge in [0.05, 0.1) is 22.6 Å². The Hall–Kier alpha value is -4.83. The number of halogens is 2. The number of nitrogens with one attached hydrogen (secondary N) is 2. The molecule has 3 aromatic heterocycles. The number of H-pyrrole nitrogens is 1. The summed E-state index contributed by atoms with van der Waals surface area (Å²) < 4.78 is 35.7.